The van der Waals surface area contributed by atoms with Gasteiger partial charge in [0.2, 0.25) is 5.76 Å². The Morgan fingerprint density at radius 2 is 2.25 bits per heavy atom. The summed E-state index contributed by atoms with van der Waals surface area (Å²) >= 11 is 0. The monoisotopic (exact) mass is 272 g/mol. The normalized spacial score (nSPS) is 25.2. The maximum Gasteiger partial charge on any atom is 0.374 e. The predicted molar refractivity (Wildman–Crippen MR) is 70.4 cm³/mol. The molecule has 104 valence electrons. The van der Waals surface area contributed by atoms with Crippen molar-refractivity contribution in [1.82, 2.24) is 9.55 Å². The number of nitrogens with zero attached hydrogens (tertiary/aromatic N) is 2. The predicted octanol–water partition coefficient (Wildman–Crippen LogP) is 2.91. The standard InChI is InChI=1S/C15H16N2O3/c18-15(14-13(3-6-19-14)10-1-2-10)20-12-7-11(8-12)17-5-4-16-9-17/h3-6,9-12H,1-2,7-8H2. The van der Waals surface area contributed by atoms with Gasteiger partial charge in [-0.1, -0.05) is 0 Å². The van der Waals surface area contributed by atoms with Gasteiger partial charge in [-0.3, -0.25) is 0 Å². The SMILES string of the molecule is O=C(OC1CC(n2ccnc2)C1)c1occc1C1CC1. The van der Waals surface area contributed by atoms with E-state index < -0.39 is 0 Å². The first-order chi connectivity index (χ1) is 9.81. The van der Waals surface area contributed by atoms with Crippen LogP contribution in [0, 0.1) is 0 Å². The summed E-state index contributed by atoms with van der Waals surface area (Å²) in [5, 5.41) is 0. The maximum absolute atomic E-state index is 12.1. The number of ether oxygens (including phenoxy) is 1. The Balaban J connectivity index is 1.36. The van der Waals surface area contributed by atoms with Gasteiger partial charge in [-0.05, 0) is 24.8 Å². The third kappa shape index (κ3) is 2.03. The van der Waals surface area contributed by atoms with Crippen LogP contribution in [0.1, 0.15) is 53.8 Å². The Bertz CT molecular complexity index is 607. The summed E-state index contributed by atoms with van der Waals surface area (Å²) in [4.78, 5) is 16.1. The van der Waals surface area contributed by atoms with Crippen LogP contribution in [0.25, 0.3) is 0 Å². The molecule has 0 amide bonds. The molecule has 2 heterocycles. The third-order valence-electron chi connectivity index (χ3n) is 4.19. The van der Waals surface area contributed by atoms with E-state index in [1.54, 1.807) is 18.8 Å². The number of rotatable bonds is 4. The number of imidazole rings is 1. The molecular weight excluding hydrogens is 256 g/mol. The lowest BCUT2D eigenvalue weighted by molar-refractivity contribution is -0.0109. The van der Waals surface area contributed by atoms with Gasteiger partial charge in [0.1, 0.15) is 6.10 Å². The second-order valence-corrected chi connectivity index (χ2v) is 5.64. The molecule has 0 aliphatic heterocycles. The van der Waals surface area contributed by atoms with E-state index in [2.05, 4.69) is 9.55 Å². The molecule has 2 aromatic heterocycles. The van der Waals surface area contributed by atoms with Gasteiger partial charge >= 0.3 is 5.97 Å². The molecule has 4 rings (SSSR count). The number of aromatic nitrogens is 2. The van der Waals surface area contributed by atoms with E-state index in [1.807, 2.05) is 12.3 Å². The van der Waals surface area contributed by atoms with Crippen molar-refractivity contribution < 1.29 is 13.9 Å². The van der Waals surface area contributed by atoms with E-state index in [0.29, 0.717) is 17.7 Å². The smallest absolute Gasteiger partial charge is 0.374 e. The van der Waals surface area contributed by atoms with Gasteiger partial charge in [-0.15, -0.1) is 0 Å². The van der Waals surface area contributed by atoms with Gasteiger partial charge in [0.15, 0.2) is 0 Å². The average molecular weight is 272 g/mol. The summed E-state index contributed by atoms with van der Waals surface area (Å²) in [6, 6.07) is 2.29. The van der Waals surface area contributed by atoms with Gasteiger partial charge in [0, 0.05) is 36.8 Å². The number of furan rings is 1. The number of hydrogen-bond acceptors (Lipinski definition) is 4. The Labute approximate surface area is 116 Å². The van der Waals surface area contributed by atoms with E-state index in [1.165, 1.54) is 0 Å². The van der Waals surface area contributed by atoms with Crippen LogP contribution in [-0.2, 0) is 4.74 Å². The van der Waals surface area contributed by atoms with Crippen LogP contribution in [0.3, 0.4) is 0 Å². The fourth-order valence-corrected chi connectivity index (χ4v) is 2.77. The molecule has 0 atom stereocenters. The quantitative estimate of drug-likeness (QED) is 0.803. The van der Waals surface area contributed by atoms with E-state index in [4.69, 9.17) is 9.15 Å². The van der Waals surface area contributed by atoms with Crippen molar-refractivity contribution >= 4 is 5.97 Å². The summed E-state index contributed by atoms with van der Waals surface area (Å²) in [7, 11) is 0. The zero-order chi connectivity index (χ0) is 13.5. The molecule has 0 unspecified atom stereocenters. The molecule has 0 N–H and O–H groups in total. The first kappa shape index (κ1) is 11.8. The molecule has 20 heavy (non-hydrogen) atoms. The Morgan fingerprint density at radius 3 is 2.95 bits per heavy atom. The summed E-state index contributed by atoms with van der Waals surface area (Å²) in [6.45, 7) is 0. The average Bonchev–Trinajstić information content (AvgIpc) is 2.93. The largest absolute Gasteiger partial charge is 0.457 e. The van der Waals surface area contributed by atoms with Crippen LogP contribution < -0.4 is 0 Å². The van der Waals surface area contributed by atoms with Crippen LogP contribution in [-0.4, -0.2) is 21.6 Å². The topological polar surface area (TPSA) is 57.3 Å². The summed E-state index contributed by atoms with van der Waals surface area (Å²) < 4.78 is 12.9. The maximum atomic E-state index is 12.1. The molecule has 2 aliphatic rings. The van der Waals surface area contributed by atoms with E-state index in [9.17, 15) is 4.79 Å². The molecule has 5 nitrogen and oxygen atoms in total. The molecule has 0 saturated heterocycles. The second kappa shape index (κ2) is 4.51. The highest BCUT2D eigenvalue weighted by atomic mass is 16.6. The van der Waals surface area contributed by atoms with Crippen molar-refractivity contribution in [3.05, 3.63) is 42.4 Å². The molecule has 2 saturated carbocycles. The van der Waals surface area contributed by atoms with Crippen molar-refractivity contribution in [1.29, 1.82) is 0 Å². The van der Waals surface area contributed by atoms with Crippen LogP contribution in [0.15, 0.2) is 35.5 Å². The molecule has 0 bridgehead atoms. The lowest BCUT2D eigenvalue weighted by Crippen LogP contribution is -2.34. The number of carbonyl (C=O) groups is 1. The summed E-state index contributed by atoms with van der Waals surface area (Å²) in [6.07, 6.45) is 11.1. The van der Waals surface area contributed by atoms with Crippen molar-refractivity contribution in [2.45, 2.75) is 43.7 Å². The van der Waals surface area contributed by atoms with Crippen LogP contribution in [0.2, 0.25) is 0 Å². The Hall–Kier alpha value is -2.04. The van der Waals surface area contributed by atoms with E-state index in [-0.39, 0.29) is 12.1 Å². The molecule has 0 radical (unpaired) electrons. The highest BCUT2D eigenvalue weighted by molar-refractivity contribution is 5.88. The van der Waals surface area contributed by atoms with E-state index in [0.717, 1.165) is 31.2 Å². The van der Waals surface area contributed by atoms with Gasteiger partial charge in [-0.2, -0.15) is 0 Å². The molecule has 2 aromatic rings. The molecule has 2 aliphatic carbocycles. The minimum Gasteiger partial charge on any atom is -0.457 e. The first-order valence-corrected chi connectivity index (χ1v) is 7.07. The zero-order valence-corrected chi connectivity index (χ0v) is 11.1. The molecule has 2 fully saturated rings. The van der Waals surface area contributed by atoms with Gasteiger partial charge in [-0.25, -0.2) is 9.78 Å². The number of carbonyl (C=O) groups excluding carboxylic acids is 1. The Kier molecular flexibility index (Phi) is 2.65. The molecule has 5 heteroatoms. The molecular formula is C15H16N2O3. The van der Waals surface area contributed by atoms with Crippen molar-refractivity contribution in [2.24, 2.45) is 0 Å². The van der Waals surface area contributed by atoms with Crippen molar-refractivity contribution in [2.75, 3.05) is 0 Å². The summed E-state index contributed by atoms with van der Waals surface area (Å²) in [5.41, 5.74) is 1.01. The second-order valence-electron chi connectivity index (χ2n) is 5.64. The highest BCUT2D eigenvalue weighted by Crippen LogP contribution is 2.42. The minimum atomic E-state index is -0.314. The molecule has 0 spiro atoms. The summed E-state index contributed by atoms with van der Waals surface area (Å²) in [5.74, 6) is 0.584. The number of esters is 1. The lowest BCUT2D eigenvalue weighted by Gasteiger charge is -2.35. The fourth-order valence-electron chi connectivity index (χ4n) is 2.77. The van der Waals surface area contributed by atoms with Crippen LogP contribution in [0.4, 0.5) is 0 Å². The van der Waals surface area contributed by atoms with Gasteiger partial charge in [0.25, 0.3) is 0 Å². The van der Waals surface area contributed by atoms with Crippen molar-refractivity contribution in [3.8, 4) is 0 Å². The van der Waals surface area contributed by atoms with Crippen molar-refractivity contribution in [3.63, 3.8) is 0 Å². The zero-order valence-electron chi connectivity index (χ0n) is 11.1. The first-order valence-electron chi connectivity index (χ1n) is 7.07. The fraction of sp³-hybridized carbons (Fsp3) is 0.467. The lowest BCUT2D eigenvalue weighted by atomic mass is 9.89. The van der Waals surface area contributed by atoms with Crippen LogP contribution in [0.5, 0.6) is 0 Å². The highest BCUT2D eigenvalue weighted by Gasteiger charge is 2.36. The van der Waals surface area contributed by atoms with E-state index >= 15 is 0 Å². The minimum absolute atomic E-state index is 0.00736. The van der Waals surface area contributed by atoms with Crippen LogP contribution >= 0.6 is 0 Å². The van der Waals surface area contributed by atoms with Gasteiger partial charge < -0.3 is 13.7 Å². The Morgan fingerprint density at radius 1 is 1.40 bits per heavy atom. The molecule has 0 aromatic carbocycles. The third-order valence-corrected chi connectivity index (χ3v) is 4.19. The van der Waals surface area contributed by atoms with Gasteiger partial charge in [0.05, 0.1) is 12.6 Å². The number of hydrogen-bond donors (Lipinski definition) is 0.